The Morgan fingerprint density at radius 3 is 2.48 bits per heavy atom. The number of likely N-dealkylation sites (tertiary alicyclic amines) is 2. The first-order valence-electron chi connectivity index (χ1n) is 10.9. The number of piperidine rings is 1. The smallest absolute Gasteiger partial charge is 0.410 e. The van der Waals surface area contributed by atoms with Crippen LogP contribution in [0.15, 0.2) is 42.7 Å². The number of rotatable bonds is 4. The van der Waals surface area contributed by atoms with Crippen molar-refractivity contribution in [1.29, 1.82) is 5.26 Å². The second-order valence-corrected chi connectivity index (χ2v) is 8.58. The second-order valence-electron chi connectivity index (χ2n) is 8.58. The standard InChI is InChI=1S/C23H26N6O2/c24-11-18-12-25-22(26-13-18)28-15-20-10-19(28)16-29(20)23(30)31-21-6-8-27(9-7-21)14-17-4-2-1-3-5-17/h1-5,12-13,19-21H,6-10,14-16H2/t19-,20-/m0/s1. The van der Waals surface area contributed by atoms with E-state index in [1.807, 2.05) is 17.0 Å². The summed E-state index contributed by atoms with van der Waals surface area (Å²) < 4.78 is 5.87. The van der Waals surface area contributed by atoms with Crippen LogP contribution in [-0.2, 0) is 11.3 Å². The Labute approximate surface area is 182 Å². The Kier molecular flexibility index (Phi) is 5.43. The third kappa shape index (κ3) is 4.19. The third-order valence-corrected chi connectivity index (χ3v) is 6.55. The Bertz CT molecular complexity index is 952. The number of hydrogen-bond acceptors (Lipinski definition) is 7. The van der Waals surface area contributed by atoms with Crippen molar-refractivity contribution in [1.82, 2.24) is 19.8 Å². The summed E-state index contributed by atoms with van der Waals surface area (Å²) in [5.41, 5.74) is 1.77. The number of carbonyl (C=O) groups excluding carboxylic acids is 1. The summed E-state index contributed by atoms with van der Waals surface area (Å²) in [6.07, 6.45) is 5.58. The molecule has 0 unspecified atom stereocenters. The second kappa shape index (κ2) is 8.52. The molecule has 0 radical (unpaired) electrons. The van der Waals surface area contributed by atoms with Crippen LogP contribution in [0.3, 0.4) is 0 Å². The molecule has 0 N–H and O–H groups in total. The molecule has 3 aliphatic rings. The number of ether oxygens (including phenoxy) is 1. The van der Waals surface area contributed by atoms with Crippen LogP contribution in [0.4, 0.5) is 10.7 Å². The lowest BCUT2D eigenvalue weighted by atomic mass is 10.1. The van der Waals surface area contributed by atoms with Gasteiger partial charge in [-0.25, -0.2) is 14.8 Å². The number of aromatic nitrogens is 2. The molecule has 2 aromatic rings. The van der Waals surface area contributed by atoms with Crippen LogP contribution in [0.1, 0.15) is 30.4 Å². The number of amides is 1. The number of anilines is 1. The van der Waals surface area contributed by atoms with Crippen molar-refractivity contribution in [3.8, 4) is 6.07 Å². The molecule has 2 atom stereocenters. The molecule has 0 aliphatic carbocycles. The van der Waals surface area contributed by atoms with Crippen molar-refractivity contribution >= 4 is 12.0 Å². The summed E-state index contributed by atoms with van der Waals surface area (Å²) in [6.45, 7) is 4.19. The highest BCUT2D eigenvalue weighted by Crippen LogP contribution is 2.33. The molecule has 2 bridgehead atoms. The summed E-state index contributed by atoms with van der Waals surface area (Å²) in [5.74, 6) is 0.630. The lowest BCUT2D eigenvalue weighted by molar-refractivity contribution is 0.0239. The van der Waals surface area contributed by atoms with E-state index in [-0.39, 0.29) is 24.3 Å². The number of fused-ring (bicyclic) bond motifs is 2. The minimum Gasteiger partial charge on any atom is -0.446 e. The van der Waals surface area contributed by atoms with E-state index < -0.39 is 0 Å². The van der Waals surface area contributed by atoms with Gasteiger partial charge in [0.25, 0.3) is 0 Å². The zero-order valence-corrected chi connectivity index (χ0v) is 17.4. The molecule has 160 valence electrons. The van der Waals surface area contributed by atoms with E-state index >= 15 is 0 Å². The summed E-state index contributed by atoms with van der Waals surface area (Å²) in [5, 5.41) is 8.91. The third-order valence-electron chi connectivity index (χ3n) is 6.55. The van der Waals surface area contributed by atoms with E-state index in [2.05, 4.69) is 44.0 Å². The minimum absolute atomic E-state index is 0.00314. The first kappa shape index (κ1) is 19.8. The van der Waals surface area contributed by atoms with Crippen molar-refractivity contribution in [2.75, 3.05) is 31.1 Å². The first-order chi connectivity index (χ1) is 15.2. The van der Waals surface area contributed by atoms with Crippen LogP contribution >= 0.6 is 0 Å². The maximum absolute atomic E-state index is 12.8. The fraction of sp³-hybridized carbons (Fsp3) is 0.478. The molecule has 3 aliphatic heterocycles. The molecular formula is C23H26N6O2. The zero-order valence-electron chi connectivity index (χ0n) is 17.4. The highest BCUT2D eigenvalue weighted by atomic mass is 16.6. The monoisotopic (exact) mass is 418 g/mol. The Morgan fingerprint density at radius 2 is 1.84 bits per heavy atom. The van der Waals surface area contributed by atoms with E-state index in [1.165, 1.54) is 5.56 Å². The van der Waals surface area contributed by atoms with E-state index in [4.69, 9.17) is 10.00 Å². The van der Waals surface area contributed by atoms with Gasteiger partial charge in [-0.2, -0.15) is 5.26 Å². The summed E-state index contributed by atoms with van der Waals surface area (Å²) in [4.78, 5) is 27.9. The van der Waals surface area contributed by atoms with Crippen LogP contribution in [0.5, 0.6) is 0 Å². The molecule has 0 saturated carbocycles. The summed E-state index contributed by atoms with van der Waals surface area (Å²) in [7, 11) is 0. The van der Waals surface area contributed by atoms with Crippen molar-refractivity contribution in [3.63, 3.8) is 0 Å². The van der Waals surface area contributed by atoms with Gasteiger partial charge in [0.1, 0.15) is 12.2 Å². The summed E-state index contributed by atoms with van der Waals surface area (Å²) >= 11 is 0. The summed E-state index contributed by atoms with van der Waals surface area (Å²) in [6, 6.07) is 12.9. The number of carbonyl (C=O) groups is 1. The average molecular weight is 419 g/mol. The highest BCUT2D eigenvalue weighted by Gasteiger charge is 2.47. The molecule has 1 aromatic carbocycles. The van der Waals surface area contributed by atoms with Gasteiger partial charge in [0, 0.05) is 32.7 Å². The normalized spacial score (nSPS) is 23.7. The SMILES string of the molecule is N#Cc1cnc(N2C[C@@H]3C[C@H]2CN3C(=O)OC2CCN(Cc3ccccc3)CC2)nc1. The fourth-order valence-electron chi connectivity index (χ4n) is 4.90. The van der Waals surface area contributed by atoms with E-state index in [0.717, 1.165) is 38.9 Å². The highest BCUT2D eigenvalue weighted by molar-refractivity contribution is 5.70. The Morgan fingerprint density at radius 1 is 1.10 bits per heavy atom. The van der Waals surface area contributed by atoms with Crippen LogP contribution in [0.2, 0.25) is 0 Å². The molecule has 3 fully saturated rings. The number of hydrogen-bond donors (Lipinski definition) is 0. The fourth-order valence-corrected chi connectivity index (χ4v) is 4.90. The maximum atomic E-state index is 12.8. The van der Waals surface area contributed by atoms with Crippen LogP contribution < -0.4 is 4.90 Å². The number of piperazine rings is 1. The molecule has 31 heavy (non-hydrogen) atoms. The number of nitrogens with zero attached hydrogens (tertiary/aromatic N) is 6. The molecule has 1 aromatic heterocycles. The largest absolute Gasteiger partial charge is 0.446 e. The molecule has 8 nitrogen and oxygen atoms in total. The van der Waals surface area contributed by atoms with E-state index in [1.54, 1.807) is 12.4 Å². The van der Waals surface area contributed by atoms with Crippen molar-refractivity contribution in [2.45, 2.75) is 44.0 Å². The Balaban J connectivity index is 1.10. The van der Waals surface area contributed by atoms with E-state index in [0.29, 0.717) is 24.6 Å². The van der Waals surface area contributed by atoms with Crippen molar-refractivity contribution in [2.24, 2.45) is 0 Å². The van der Waals surface area contributed by atoms with Gasteiger partial charge in [-0.15, -0.1) is 0 Å². The quantitative estimate of drug-likeness (QED) is 0.754. The first-order valence-corrected chi connectivity index (χ1v) is 10.9. The lowest BCUT2D eigenvalue weighted by Gasteiger charge is -2.36. The molecular weight excluding hydrogens is 392 g/mol. The van der Waals surface area contributed by atoms with Gasteiger partial charge in [-0.05, 0) is 24.8 Å². The van der Waals surface area contributed by atoms with E-state index in [9.17, 15) is 4.79 Å². The van der Waals surface area contributed by atoms with Crippen molar-refractivity contribution < 1.29 is 9.53 Å². The predicted octanol–water partition coefficient (Wildman–Crippen LogP) is 2.41. The molecule has 4 heterocycles. The molecule has 5 rings (SSSR count). The molecule has 0 spiro atoms. The number of nitriles is 1. The average Bonchev–Trinajstić information content (AvgIpc) is 3.42. The molecule has 1 amide bonds. The van der Waals surface area contributed by atoms with Crippen LogP contribution in [0.25, 0.3) is 0 Å². The van der Waals surface area contributed by atoms with Gasteiger partial charge in [-0.3, -0.25) is 4.90 Å². The molecule has 8 heteroatoms. The number of benzene rings is 1. The maximum Gasteiger partial charge on any atom is 0.410 e. The minimum atomic E-state index is -0.186. The predicted molar refractivity (Wildman–Crippen MR) is 114 cm³/mol. The van der Waals surface area contributed by atoms with Gasteiger partial charge in [0.05, 0.1) is 30.0 Å². The molecule has 3 saturated heterocycles. The van der Waals surface area contributed by atoms with Gasteiger partial charge >= 0.3 is 6.09 Å². The van der Waals surface area contributed by atoms with Gasteiger partial charge in [0.15, 0.2) is 0 Å². The Hall–Kier alpha value is -3.18. The van der Waals surface area contributed by atoms with Gasteiger partial charge in [0.2, 0.25) is 5.95 Å². The van der Waals surface area contributed by atoms with Gasteiger partial charge in [-0.1, -0.05) is 30.3 Å². The van der Waals surface area contributed by atoms with Crippen molar-refractivity contribution in [3.05, 3.63) is 53.9 Å². The van der Waals surface area contributed by atoms with Gasteiger partial charge < -0.3 is 14.5 Å². The zero-order chi connectivity index (χ0) is 21.2. The topological polar surface area (TPSA) is 85.6 Å². The lowest BCUT2D eigenvalue weighted by Crippen LogP contribution is -2.50. The van der Waals surface area contributed by atoms with Crippen LogP contribution in [-0.4, -0.2) is 70.2 Å². The van der Waals surface area contributed by atoms with Crippen LogP contribution in [0, 0.1) is 11.3 Å².